The second-order valence-corrected chi connectivity index (χ2v) is 7.35. The molecule has 0 atom stereocenters. The number of ether oxygens (including phenoxy) is 3. The van der Waals surface area contributed by atoms with E-state index in [1.54, 1.807) is 9.58 Å². The molecule has 0 unspecified atom stereocenters. The highest BCUT2D eigenvalue weighted by Crippen LogP contribution is 2.34. The highest BCUT2D eigenvalue weighted by Gasteiger charge is 2.21. The van der Waals surface area contributed by atoms with Crippen molar-refractivity contribution >= 4 is 16.9 Å². The van der Waals surface area contributed by atoms with Crippen LogP contribution in [-0.4, -0.2) is 51.9 Å². The number of hydrogen-bond acceptors (Lipinski definition) is 6. The Morgan fingerprint density at radius 2 is 2.07 bits per heavy atom. The first-order chi connectivity index (χ1) is 14.5. The van der Waals surface area contributed by atoms with Crippen LogP contribution in [0.2, 0.25) is 0 Å². The molecule has 0 aliphatic carbocycles. The van der Waals surface area contributed by atoms with Gasteiger partial charge in [0.05, 0.1) is 5.39 Å². The van der Waals surface area contributed by atoms with Crippen LogP contribution in [0.15, 0.2) is 24.3 Å². The lowest BCUT2D eigenvalue weighted by Gasteiger charge is -2.25. The van der Waals surface area contributed by atoms with E-state index in [-0.39, 0.29) is 12.5 Å². The van der Waals surface area contributed by atoms with Crippen molar-refractivity contribution in [3.05, 3.63) is 41.1 Å². The number of likely N-dealkylation sites (N-methyl/N-ethyl adjacent to an activating group) is 1. The maximum atomic E-state index is 12.9. The molecule has 0 N–H and O–H groups in total. The Morgan fingerprint density at radius 1 is 1.27 bits per heavy atom. The van der Waals surface area contributed by atoms with Gasteiger partial charge in [-0.15, -0.1) is 5.10 Å². The van der Waals surface area contributed by atoms with E-state index in [9.17, 15) is 4.79 Å². The number of nitrogens with zero attached hydrogens (tertiary/aromatic N) is 4. The van der Waals surface area contributed by atoms with E-state index >= 15 is 0 Å². The normalized spacial score (nSPS) is 12.8. The number of aromatic nitrogens is 3. The second kappa shape index (κ2) is 8.22. The third-order valence-corrected chi connectivity index (χ3v) is 5.16. The zero-order chi connectivity index (χ0) is 21.3. The van der Waals surface area contributed by atoms with Crippen molar-refractivity contribution in [3.8, 4) is 17.4 Å². The predicted octanol–water partition coefficient (Wildman–Crippen LogP) is 2.78. The molecule has 1 amide bonds. The average Bonchev–Trinajstić information content (AvgIpc) is 3.06. The lowest BCUT2D eigenvalue weighted by molar-refractivity contribution is -0.133. The number of hydrogen-bond donors (Lipinski definition) is 0. The molecule has 1 aliphatic heterocycles. The van der Waals surface area contributed by atoms with Crippen molar-refractivity contribution in [1.82, 2.24) is 19.7 Å². The first-order valence-corrected chi connectivity index (χ1v) is 10.1. The van der Waals surface area contributed by atoms with E-state index in [0.717, 1.165) is 33.6 Å². The Labute approximate surface area is 175 Å². The summed E-state index contributed by atoms with van der Waals surface area (Å²) < 4.78 is 18.9. The number of amides is 1. The molecular formula is C22H26N4O4. The van der Waals surface area contributed by atoms with Crippen LogP contribution in [0.3, 0.4) is 0 Å². The van der Waals surface area contributed by atoms with Crippen molar-refractivity contribution in [2.24, 2.45) is 7.05 Å². The molecule has 0 saturated carbocycles. The Balaban J connectivity index is 1.49. The molecule has 8 heteroatoms. The number of fused-ring (bicyclic) bond motifs is 2. The molecule has 0 fully saturated rings. The highest BCUT2D eigenvalue weighted by atomic mass is 16.6. The summed E-state index contributed by atoms with van der Waals surface area (Å²) in [6.07, 6.45) is 0. The van der Waals surface area contributed by atoms with E-state index in [1.165, 1.54) is 0 Å². The Morgan fingerprint density at radius 3 is 2.87 bits per heavy atom. The van der Waals surface area contributed by atoms with Gasteiger partial charge in [0.15, 0.2) is 23.8 Å². The molecule has 1 aliphatic rings. The van der Waals surface area contributed by atoms with Gasteiger partial charge < -0.3 is 19.1 Å². The summed E-state index contributed by atoms with van der Waals surface area (Å²) in [6, 6.07) is 7.73. The minimum absolute atomic E-state index is 0.0976. The van der Waals surface area contributed by atoms with Gasteiger partial charge in [-0.3, -0.25) is 4.79 Å². The summed E-state index contributed by atoms with van der Waals surface area (Å²) in [6.45, 7) is 7.80. The van der Waals surface area contributed by atoms with Crippen molar-refractivity contribution < 1.29 is 19.0 Å². The predicted molar refractivity (Wildman–Crippen MR) is 112 cm³/mol. The van der Waals surface area contributed by atoms with E-state index < -0.39 is 0 Å². The SMILES string of the molecule is CCN(Cc1cccc2c1OCCO2)C(=O)COc1nn(C)c2nc(C)cc(C)c12. The summed E-state index contributed by atoms with van der Waals surface area (Å²) in [4.78, 5) is 19.1. The van der Waals surface area contributed by atoms with Gasteiger partial charge in [-0.1, -0.05) is 12.1 Å². The van der Waals surface area contributed by atoms with Crippen molar-refractivity contribution in [2.75, 3.05) is 26.4 Å². The van der Waals surface area contributed by atoms with E-state index in [4.69, 9.17) is 14.2 Å². The fourth-order valence-corrected chi connectivity index (χ4v) is 3.71. The molecule has 158 valence electrons. The van der Waals surface area contributed by atoms with Crippen LogP contribution in [0.5, 0.6) is 17.4 Å². The monoisotopic (exact) mass is 410 g/mol. The van der Waals surface area contributed by atoms with Gasteiger partial charge in [0, 0.05) is 31.4 Å². The smallest absolute Gasteiger partial charge is 0.260 e. The topological polar surface area (TPSA) is 78.7 Å². The maximum Gasteiger partial charge on any atom is 0.260 e. The van der Waals surface area contributed by atoms with Gasteiger partial charge in [-0.2, -0.15) is 0 Å². The molecule has 8 nitrogen and oxygen atoms in total. The Bertz CT molecular complexity index is 1090. The average molecular weight is 410 g/mol. The van der Waals surface area contributed by atoms with E-state index in [1.807, 2.05) is 52.1 Å². The number of benzene rings is 1. The first-order valence-electron chi connectivity index (χ1n) is 10.1. The van der Waals surface area contributed by atoms with Crippen molar-refractivity contribution in [3.63, 3.8) is 0 Å². The highest BCUT2D eigenvalue weighted by molar-refractivity contribution is 5.85. The zero-order valence-electron chi connectivity index (χ0n) is 17.8. The van der Waals surface area contributed by atoms with Crippen molar-refractivity contribution in [2.45, 2.75) is 27.3 Å². The Kier molecular flexibility index (Phi) is 5.48. The zero-order valence-corrected chi connectivity index (χ0v) is 17.8. The standard InChI is InChI=1S/C22H26N4O4/c1-5-26(12-16-7-6-8-17-20(16)29-10-9-28-17)18(27)13-30-22-19-14(2)11-15(3)23-21(19)25(4)24-22/h6-8,11H,5,9-10,12-13H2,1-4H3. The number of rotatable bonds is 6. The van der Waals surface area contributed by atoms with Crippen LogP contribution in [0.25, 0.3) is 11.0 Å². The van der Waals surface area contributed by atoms with Crippen molar-refractivity contribution in [1.29, 1.82) is 0 Å². The van der Waals surface area contributed by atoms with Crippen LogP contribution in [0, 0.1) is 13.8 Å². The van der Waals surface area contributed by atoms with Gasteiger partial charge in [-0.05, 0) is 38.5 Å². The number of aryl methyl sites for hydroxylation is 3. The van der Waals surface area contributed by atoms with Gasteiger partial charge in [0.2, 0.25) is 5.88 Å². The summed E-state index contributed by atoms with van der Waals surface area (Å²) in [7, 11) is 1.82. The number of carbonyl (C=O) groups excluding carboxylic acids is 1. The third kappa shape index (κ3) is 3.77. The summed E-state index contributed by atoms with van der Waals surface area (Å²) in [5.41, 5.74) is 3.60. The molecule has 0 spiro atoms. The van der Waals surface area contributed by atoms with Crippen LogP contribution < -0.4 is 14.2 Å². The number of pyridine rings is 1. The molecule has 2 aromatic heterocycles. The largest absolute Gasteiger partial charge is 0.486 e. The van der Waals surface area contributed by atoms with Crippen LogP contribution in [-0.2, 0) is 18.4 Å². The fourth-order valence-electron chi connectivity index (χ4n) is 3.71. The van der Waals surface area contributed by atoms with E-state index in [0.29, 0.717) is 37.9 Å². The van der Waals surface area contributed by atoms with Gasteiger partial charge in [0.25, 0.3) is 5.91 Å². The number of para-hydroxylation sites is 1. The quantitative estimate of drug-likeness (QED) is 0.622. The van der Waals surface area contributed by atoms with Crippen LogP contribution in [0.4, 0.5) is 0 Å². The van der Waals surface area contributed by atoms with E-state index in [2.05, 4.69) is 10.1 Å². The summed E-state index contributed by atoms with van der Waals surface area (Å²) >= 11 is 0. The summed E-state index contributed by atoms with van der Waals surface area (Å²) in [5.74, 6) is 1.74. The molecule has 0 bridgehead atoms. The van der Waals surface area contributed by atoms with Crippen LogP contribution in [0.1, 0.15) is 23.7 Å². The number of carbonyl (C=O) groups is 1. The van der Waals surface area contributed by atoms with Gasteiger partial charge >= 0.3 is 0 Å². The van der Waals surface area contributed by atoms with Gasteiger partial charge in [0.1, 0.15) is 13.2 Å². The molecule has 30 heavy (non-hydrogen) atoms. The fraction of sp³-hybridized carbons (Fsp3) is 0.409. The Hall–Kier alpha value is -3.29. The second-order valence-electron chi connectivity index (χ2n) is 7.35. The first kappa shape index (κ1) is 20.0. The lowest BCUT2D eigenvalue weighted by Crippen LogP contribution is -2.34. The molecule has 0 radical (unpaired) electrons. The molecule has 0 saturated heterocycles. The molecular weight excluding hydrogens is 384 g/mol. The van der Waals surface area contributed by atoms with Crippen LogP contribution >= 0.6 is 0 Å². The maximum absolute atomic E-state index is 12.9. The molecule has 3 aromatic rings. The summed E-state index contributed by atoms with van der Waals surface area (Å²) in [5, 5.41) is 5.25. The molecule has 3 heterocycles. The minimum atomic E-state index is -0.122. The molecule has 1 aromatic carbocycles. The lowest BCUT2D eigenvalue weighted by atomic mass is 10.1. The van der Waals surface area contributed by atoms with Gasteiger partial charge in [-0.25, -0.2) is 9.67 Å². The minimum Gasteiger partial charge on any atom is -0.486 e. The molecule has 4 rings (SSSR count). The third-order valence-electron chi connectivity index (χ3n) is 5.16.